The molecule has 1 aromatic heterocycles. The minimum atomic E-state index is -3.70. The van der Waals surface area contributed by atoms with Gasteiger partial charge in [0, 0.05) is 38.3 Å². The Balaban J connectivity index is 2.06. The lowest BCUT2D eigenvalue weighted by Crippen LogP contribution is -2.44. The molecule has 0 N–H and O–H groups in total. The van der Waals surface area contributed by atoms with Crippen LogP contribution in [0.5, 0.6) is 0 Å². The highest BCUT2D eigenvalue weighted by atomic mass is 35.5. The molecule has 0 bridgehead atoms. The van der Waals surface area contributed by atoms with E-state index in [1.165, 1.54) is 22.6 Å². The number of carbonyl (C=O) groups is 1. The molecule has 1 aliphatic rings. The number of carbonyl (C=O) groups excluding carboxylic acids is 1. The minimum absolute atomic E-state index is 0.00128. The third-order valence-electron chi connectivity index (χ3n) is 4.16. The topological polar surface area (TPSA) is 70.6 Å². The molecule has 0 radical (unpaired) electrons. The lowest BCUT2D eigenvalue weighted by atomic mass is 9.96. The van der Waals surface area contributed by atoms with Gasteiger partial charge in [-0.2, -0.15) is 4.31 Å². The molecule has 0 atom stereocenters. The number of rotatable bonds is 7. The molecular formula is C17H22ClN3O3S. The minimum Gasteiger partial charge on any atom is -0.335 e. The third-order valence-corrected chi connectivity index (χ3v) is 6.50. The fraction of sp³-hybridized carbons (Fsp3) is 0.412. The third kappa shape index (κ3) is 4.48. The largest absolute Gasteiger partial charge is 0.335 e. The van der Waals surface area contributed by atoms with Gasteiger partial charge >= 0.3 is 0 Å². The summed E-state index contributed by atoms with van der Waals surface area (Å²) in [5.41, 5.74) is 0. The zero-order valence-corrected chi connectivity index (χ0v) is 15.5. The number of sulfonamides is 1. The number of amides is 1. The standard InChI is InChI=1S/C17H22ClN3O3S/c1-3-10-20(11-4-2)17(22)14-7-12-21(13-8-14)25(23,24)15-6-5-9-19-16(15)18/h3-6,9,14H,1-2,7-8,10-13H2. The Labute approximate surface area is 153 Å². The van der Waals surface area contributed by atoms with Crippen molar-refractivity contribution in [3.8, 4) is 0 Å². The number of halogens is 1. The average molecular weight is 384 g/mol. The molecule has 1 saturated heterocycles. The van der Waals surface area contributed by atoms with E-state index in [1.54, 1.807) is 17.1 Å². The van der Waals surface area contributed by atoms with Crippen LogP contribution in [0.25, 0.3) is 0 Å². The highest BCUT2D eigenvalue weighted by Crippen LogP contribution is 2.27. The summed E-state index contributed by atoms with van der Waals surface area (Å²) in [5, 5.41) is -0.0381. The van der Waals surface area contributed by atoms with Crippen LogP contribution in [-0.4, -0.2) is 54.7 Å². The number of nitrogens with zero attached hydrogens (tertiary/aromatic N) is 3. The molecule has 1 aliphatic heterocycles. The van der Waals surface area contributed by atoms with Gasteiger partial charge in [-0.25, -0.2) is 13.4 Å². The van der Waals surface area contributed by atoms with Crippen molar-refractivity contribution in [3.05, 3.63) is 48.8 Å². The second-order valence-corrected chi connectivity index (χ2v) is 8.06. The molecule has 0 aromatic carbocycles. The lowest BCUT2D eigenvalue weighted by Gasteiger charge is -2.33. The Morgan fingerprint density at radius 3 is 2.44 bits per heavy atom. The summed E-state index contributed by atoms with van der Waals surface area (Å²) in [6.45, 7) is 8.79. The maximum atomic E-state index is 12.7. The Morgan fingerprint density at radius 1 is 1.32 bits per heavy atom. The van der Waals surface area contributed by atoms with Crippen LogP contribution in [0.15, 0.2) is 48.5 Å². The van der Waals surface area contributed by atoms with Gasteiger partial charge in [-0.05, 0) is 25.0 Å². The first-order chi connectivity index (χ1) is 11.9. The van der Waals surface area contributed by atoms with Crippen molar-refractivity contribution < 1.29 is 13.2 Å². The molecule has 0 aliphatic carbocycles. The van der Waals surface area contributed by atoms with Crippen molar-refractivity contribution in [2.24, 2.45) is 5.92 Å². The maximum absolute atomic E-state index is 12.7. The van der Waals surface area contributed by atoms with E-state index >= 15 is 0 Å². The van der Waals surface area contributed by atoms with Gasteiger partial charge in [0.15, 0.2) is 0 Å². The van der Waals surface area contributed by atoms with Crippen molar-refractivity contribution in [1.29, 1.82) is 0 Å². The molecule has 2 rings (SSSR count). The smallest absolute Gasteiger partial charge is 0.246 e. The summed E-state index contributed by atoms with van der Waals surface area (Å²) in [6.07, 6.45) is 5.73. The highest BCUT2D eigenvalue weighted by molar-refractivity contribution is 7.89. The normalized spacial score (nSPS) is 16.4. The average Bonchev–Trinajstić information content (AvgIpc) is 2.61. The summed E-state index contributed by atoms with van der Waals surface area (Å²) in [4.78, 5) is 18.1. The Hall–Kier alpha value is -1.70. The van der Waals surface area contributed by atoms with Crippen LogP contribution in [0.2, 0.25) is 5.15 Å². The molecular weight excluding hydrogens is 362 g/mol. The van der Waals surface area contributed by atoms with E-state index in [0.717, 1.165) is 0 Å². The van der Waals surface area contributed by atoms with Crippen LogP contribution >= 0.6 is 11.6 Å². The van der Waals surface area contributed by atoms with Crippen LogP contribution in [0.3, 0.4) is 0 Å². The number of aromatic nitrogens is 1. The van der Waals surface area contributed by atoms with Crippen LogP contribution in [0, 0.1) is 5.92 Å². The van der Waals surface area contributed by atoms with Crippen LogP contribution in [-0.2, 0) is 14.8 Å². The first-order valence-corrected chi connectivity index (χ1v) is 9.84. The fourth-order valence-electron chi connectivity index (χ4n) is 2.87. The van der Waals surface area contributed by atoms with E-state index < -0.39 is 10.0 Å². The molecule has 1 fully saturated rings. The number of hydrogen-bond donors (Lipinski definition) is 0. The SMILES string of the molecule is C=CCN(CC=C)C(=O)C1CCN(S(=O)(=O)c2cccnc2Cl)CC1. The van der Waals surface area contributed by atoms with Crippen LogP contribution in [0.4, 0.5) is 0 Å². The quantitative estimate of drug-likeness (QED) is 0.535. The molecule has 136 valence electrons. The summed E-state index contributed by atoms with van der Waals surface area (Å²) in [5.74, 6) is -0.188. The summed E-state index contributed by atoms with van der Waals surface area (Å²) >= 11 is 5.92. The van der Waals surface area contributed by atoms with Gasteiger partial charge in [0.25, 0.3) is 0 Å². The van der Waals surface area contributed by atoms with E-state index in [4.69, 9.17) is 11.6 Å². The van der Waals surface area contributed by atoms with E-state index in [-0.39, 0.29) is 35.0 Å². The number of pyridine rings is 1. The Kier molecular flexibility index (Phi) is 6.75. The maximum Gasteiger partial charge on any atom is 0.246 e. The van der Waals surface area contributed by atoms with Gasteiger partial charge in [0.1, 0.15) is 10.0 Å². The molecule has 0 saturated carbocycles. The number of piperidine rings is 1. The Bertz CT molecular complexity index is 733. The highest BCUT2D eigenvalue weighted by Gasteiger charge is 2.34. The van der Waals surface area contributed by atoms with Gasteiger partial charge in [0.05, 0.1) is 0 Å². The second kappa shape index (κ2) is 8.60. The monoisotopic (exact) mass is 383 g/mol. The predicted molar refractivity (Wildman–Crippen MR) is 97.7 cm³/mol. The molecule has 0 unspecified atom stereocenters. The van der Waals surface area contributed by atoms with Gasteiger partial charge in [-0.1, -0.05) is 23.8 Å². The van der Waals surface area contributed by atoms with Gasteiger partial charge < -0.3 is 4.90 Å². The van der Waals surface area contributed by atoms with Crippen molar-refractivity contribution in [1.82, 2.24) is 14.2 Å². The van der Waals surface area contributed by atoms with Crippen molar-refractivity contribution in [3.63, 3.8) is 0 Å². The molecule has 0 spiro atoms. The molecule has 6 nitrogen and oxygen atoms in total. The van der Waals surface area contributed by atoms with Crippen molar-refractivity contribution in [2.75, 3.05) is 26.2 Å². The first kappa shape index (κ1) is 19.6. The van der Waals surface area contributed by atoms with E-state index in [0.29, 0.717) is 25.9 Å². The second-order valence-electron chi connectivity index (χ2n) is 5.79. The molecule has 1 amide bonds. The summed E-state index contributed by atoms with van der Waals surface area (Å²) in [7, 11) is -3.70. The van der Waals surface area contributed by atoms with Crippen LogP contribution in [0.1, 0.15) is 12.8 Å². The van der Waals surface area contributed by atoms with Gasteiger partial charge in [-0.15, -0.1) is 13.2 Å². The first-order valence-electron chi connectivity index (χ1n) is 8.03. The van der Waals surface area contributed by atoms with E-state index in [1.807, 2.05) is 0 Å². The van der Waals surface area contributed by atoms with Gasteiger partial charge in [-0.3, -0.25) is 4.79 Å². The van der Waals surface area contributed by atoms with Gasteiger partial charge in [0.2, 0.25) is 15.9 Å². The molecule has 2 heterocycles. The lowest BCUT2D eigenvalue weighted by molar-refractivity contribution is -0.135. The summed E-state index contributed by atoms with van der Waals surface area (Å²) in [6, 6.07) is 2.98. The van der Waals surface area contributed by atoms with Crippen LogP contribution < -0.4 is 0 Å². The zero-order chi connectivity index (χ0) is 18.4. The fourth-order valence-corrected chi connectivity index (χ4v) is 4.77. The van der Waals surface area contributed by atoms with Crippen molar-refractivity contribution >= 4 is 27.5 Å². The number of hydrogen-bond acceptors (Lipinski definition) is 4. The van der Waals surface area contributed by atoms with E-state index in [2.05, 4.69) is 18.1 Å². The predicted octanol–water partition coefficient (Wildman–Crippen LogP) is 2.34. The molecule has 1 aromatic rings. The van der Waals surface area contributed by atoms with Crippen molar-refractivity contribution in [2.45, 2.75) is 17.7 Å². The zero-order valence-electron chi connectivity index (χ0n) is 14.0. The molecule has 25 heavy (non-hydrogen) atoms. The Morgan fingerprint density at radius 2 is 1.92 bits per heavy atom. The molecule has 8 heteroatoms. The van der Waals surface area contributed by atoms with E-state index in [9.17, 15) is 13.2 Å². The summed E-state index contributed by atoms with van der Waals surface area (Å²) < 4.78 is 26.8.